The van der Waals surface area contributed by atoms with Gasteiger partial charge >= 0.3 is 0 Å². The fraction of sp³-hybridized carbons (Fsp3) is 0.333. The summed E-state index contributed by atoms with van der Waals surface area (Å²) in [7, 11) is 1.65. The predicted octanol–water partition coefficient (Wildman–Crippen LogP) is 3.57. The first-order valence-corrected chi connectivity index (χ1v) is 9.49. The maximum Gasteiger partial charge on any atom is 0.244 e. The molecule has 1 atom stereocenters. The van der Waals surface area contributed by atoms with Crippen molar-refractivity contribution in [3.8, 4) is 0 Å². The van der Waals surface area contributed by atoms with Crippen molar-refractivity contribution in [2.75, 3.05) is 32.0 Å². The lowest BCUT2D eigenvalue weighted by atomic mass is 10.0. The first-order valence-electron chi connectivity index (χ1n) is 9.12. The van der Waals surface area contributed by atoms with Crippen LogP contribution in [0, 0.1) is 0 Å². The van der Waals surface area contributed by atoms with Gasteiger partial charge in [0.15, 0.2) is 0 Å². The molecule has 0 bridgehead atoms. The van der Waals surface area contributed by atoms with E-state index in [0.717, 1.165) is 19.4 Å². The summed E-state index contributed by atoms with van der Waals surface area (Å²) in [6.45, 7) is 1.20. The number of rotatable bonds is 6. The topological polar surface area (TPSA) is 52.7 Å². The van der Waals surface area contributed by atoms with Gasteiger partial charge in [-0.15, -0.1) is 0 Å². The molecule has 1 saturated heterocycles. The molecule has 1 fully saturated rings. The number of hydrogen-bond donors (Lipinski definition) is 1. The molecule has 1 heterocycles. The van der Waals surface area contributed by atoms with Crippen LogP contribution in [0.15, 0.2) is 54.6 Å². The Labute approximate surface area is 164 Å². The molecule has 1 aliphatic rings. The lowest BCUT2D eigenvalue weighted by molar-refractivity contribution is -0.134. The van der Waals surface area contributed by atoms with Crippen LogP contribution in [-0.4, -0.2) is 48.3 Å². The van der Waals surface area contributed by atoms with Crippen LogP contribution in [0.25, 0.3) is 0 Å². The van der Waals surface area contributed by atoms with E-state index in [0.29, 0.717) is 17.3 Å². The Hall–Kier alpha value is -2.37. The smallest absolute Gasteiger partial charge is 0.244 e. The highest BCUT2D eigenvalue weighted by molar-refractivity contribution is 6.33. The molecule has 2 aromatic carbocycles. The lowest BCUT2D eigenvalue weighted by Crippen LogP contribution is -2.41. The molecule has 0 aliphatic carbocycles. The number of nitrogens with zero attached hydrogens (tertiary/aromatic N) is 2. The monoisotopic (exact) mass is 385 g/mol. The van der Waals surface area contributed by atoms with Crippen molar-refractivity contribution in [3.05, 3.63) is 65.2 Å². The summed E-state index contributed by atoms with van der Waals surface area (Å²) in [6, 6.07) is 17.6. The van der Waals surface area contributed by atoms with Crippen LogP contribution < -0.4 is 5.32 Å². The van der Waals surface area contributed by atoms with Gasteiger partial charge in [-0.2, -0.15) is 0 Å². The second-order valence-corrected chi connectivity index (χ2v) is 7.22. The van der Waals surface area contributed by atoms with Gasteiger partial charge in [-0.3, -0.25) is 14.5 Å². The molecule has 2 aromatic rings. The van der Waals surface area contributed by atoms with Gasteiger partial charge < -0.3 is 10.2 Å². The number of carbonyl (C=O) groups excluding carboxylic acids is 2. The SMILES string of the molecule is CN(CC(=O)Nc1ccccc1Cl)C(=O)CN1CCC[C@H]1c1ccccc1. The van der Waals surface area contributed by atoms with Gasteiger partial charge in [-0.05, 0) is 37.1 Å². The average Bonchev–Trinajstić information content (AvgIpc) is 3.12. The second kappa shape index (κ2) is 9.02. The molecule has 1 N–H and O–H groups in total. The lowest BCUT2D eigenvalue weighted by Gasteiger charge is -2.26. The van der Waals surface area contributed by atoms with Crippen molar-refractivity contribution >= 4 is 29.1 Å². The number of carbonyl (C=O) groups is 2. The normalized spacial score (nSPS) is 16.9. The van der Waals surface area contributed by atoms with E-state index in [-0.39, 0.29) is 24.4 Å². The minimum Gasteiger partial charge on any atom is -0.335 e. The molecule has 6 heteroatoms. The standard InChI is InChI=1S/C21H24ClN3O2/c1-24(14-20(26)23-18-11-6-5-10-17(18)22)21(27)15-25-13-7-12-19(25)16-8-3-2-4-9-16/h2-6,8-11,19H,7,12-15H2,1H3,(H,23,26)/t19-/m0/s1. The van der Waals surface area contributed by atoms with E-state index in [1.807, 2.05) is 18.2 Å². The minimum atomic E-state index is -0.264. The fourth-order valence-corrected chi connectivity index (χ4v) is 3.60. The number of benzene rings is 2. The van der Waals surface area contributed by atoms with Gasteiger partial charge in [0, 0.05) is 13.1 Å². The summed E-state index contributed by atoms with van der Waals surface area (Å²) in [5.41, 5.74) is 1.79. The summed E-state index contributed by atoms with van der Waals surface area (Å²) in [5.74, 6) is -0.327. The highest BCUT2D eigenvalue weighted by Gasteiger charge is 2.28. The average molecular weight is 386 g/mol. The molecule has 142 valence electrons. The van der Waals surface area contributed by atoms with Gasteiger partial charge in [0.1, 0.15) is 0 Å². The van der Waals surface area contributed by atoms with E-state index in [2.05, 4.69) is 22.3 Å². The van der Waals surface area contributed by atoms with Crippen molar-refractivity contribution in [3.63, 3.8) is 0 Å². The maximum atomic E-state index is 12.6. The Morgan fingerprint density at radius 3 is 2.59 bits per heavy atom. The molecule has 3 rings (SSSR count). The predicted molar refractivity (Wildman–Crippen MR) is 108 cm³/mol. The van der Waals surface area contributed by atoms with E-state index in [1.54, 1.807) is 31.3 Å². The van der Waals surface area contributed by atoms with Crippen LogP contribution in [0.5, 0.6) is 0 Å². The number of para-hydroxylation sites is 1. The molecule has 27 heavy (non-hydrogen) atoms. The first kappa shape index (κ1) is 19.4. The Bertz CT molecular complexity index is 797. The van der Waals surface area contributed by atoms with E-state index in [1.165, 1.54) is 10.5 Å². The van der Waals surface area contributed by atoms with Crippen LogP contribution >= 0.6 is 11.6 Å². The largest absolute Gasteiger partial charge is 0.335 e. The Morgan fingerprint density at radius 1 is 1.15 bits per heavy atom. The van der Waals surface area contributed by atoms with Gasteiger partial charge in [-0.25, -0.2) is 0 Å². The molecule has 1 aliphatic heterocycles. The summed E-state index contributed by atoms with van der Waals surface area (Å²) in [4.78, 5) is 28.5. The zero-order valence-electron chi connectivity index (χ0n) is 15.4. The van der Waals surface area contributed by atoms with Crippen molar-refractivity contribution < 1.29 is 9.59 Å². The van der Waals surface area contributed by atoms with Crippen molar-refractivity contribution in [1.82, 2.24) is 9.80 Å². The van der Waals surface area contributed by atoms with Gasteiger partial charge in [0.2, 0.25) is 11.8 Å². The summed E-state index contributed by atoms with van der Waals surface area (Å²) in [5, 5.41) is 3.22. The Kier molecular flexibility index (Phi) is 6.48. The molecule has 0 unspecified atom stereocenters. The van der Waals surface area contributed by atoms with E-state index < -0.39 is 0 Å². The van der Waals surface area contributed by atoms with E-state index >= 15 is 0 Å². The molecular formula is C21H24ClN3O2. The number of halogens is 1. The molecule has 0 radical (unpaired) electrons. The number of hydrogen-bond acceptors (Lipinski definition) is 3. The number of anilines is 1. The third-order valence-corrected chi connectivity index (χ3v) is 5.17. The molecule has 0 saturated carbocycles. The van der Waals surface area contributed by atoms with Gasteiger partial charge in [0.05, 0.1) is 23.8 Å². The summed E-state index contributed by atoms with van der Waals surface area (Å²) < 4.78 is 0. The minimum absolute atomic E-state index is 0.00605. The Morgan fingerprint density at radius 2 is 1.85 bits per heavy atom. The van der Waals surface area contributed by atoms with Crippen LogP contribution in [0.3, 0.4) is 0 Å². The highest BCUT2D eigenvalue weighted by atomic mass is 35.5. The quantitative estimate of drug-likeness (QED) is 0.827. The van der Waals surface area contributed by atoms with Crippen molar-refractivity contribution in [2.24, 2.45) is 0 Å². The van der Waals surface area contributed by atoms with Crippen LogP contribution in [0.2, 0.25) is 5.02 Å². The third kappa shape index (κ3) is 5.08. The van der Waals surface area contributed by atoms with E-state index in [4.69, 9.17) is 11.6 Å². The number of nitrogens with one attached hydrogen (secondary N) is 1. The fourth-order valence-electron chi connectivity index (χ4n) is 3.42. The number of amides is 2. The zero-order valence-corrected chi connectivity index (χ0v) is 16.2. The molecule has 5 nitrogen and oxygen atoms in total. The highest BCUT2D eigenvalue weighted by Crippen LogP contribution is 2.31. The van der Waals surface area contributed by atoms with E-state index in [9.17, 15) is 9.59 Å². The molecule has 0 aromatic heterocycles. The Balaban J connectivity index is 1.54. The zero-order chi connectivity index (χ0) is 19.2. The summed E-state index contributed by atoms with van der Waals surface area (Å²) in [6.07, 6.45) is 2.12. The van der Waals surface area contributed by atoms with Crippen molar-refractivity contribution in [2.45, 2.75) is 18.9 Å². The number of likely N-dealkylation sites (tertiary alicyclic amines) is 1. The number of likely N-dealkylation sites (N-methyl/N-ethyl adjacent to an activating group) is 1. The first-order chi connectivity index (χ1) is 13.0. The maximum absolute atomic E-state index is 12.6. The van der Waals surface area contributed by atoms with Crippen molar-refractivity contribution in [1.29, 1.82) is 0 Å². The van der Waals surface area contributed by atoms with Crippen LogP contribution in [0.4, 0.5) is 5.69 Å². The molecular weight excluding hydrogens is 362 g/mol. The molecule has 2 amide bonds. The van der Waals surface area contributed by atoms with Crippen LogP contribution in [0.1, 0.15) is 24.4 Å². The van der Waals surface area contributed by atoms with Gasteiger partial charge in [-0.1, -0.05) is 54.1 Å². The second-order valence-electron chi connectivity index (χ2n) is 6.82. The summed E-state index contributed by atoms with van der Waals surface area (Å²) >= 11 is 6.05. The van der Waals surface area contributed by atoms with Crippen LogP contribution in [-0.2, 0) is 9.59 Å². The van der Waals surface area contributed by atoms with Gasteiger partial charge in [0.25, 0.3) is 0 Å². The molecule has 0 spiro atoms. The third-order valence-electron chi connectivity index (χ3n) is 4.84.